The van der Waals surface area contributed by atoms with Gasteiger partial charge in [-0.2, -0.15) is 0 Å². The van der Waals surface area contributed by atoms with Crippen LogP contribution in [-0.2, 0) is 0 Å². The highest BCUT2D eigenvalue weighted by atomic mass is 15.1. The number of para-hydroxylation sites is 1. The van der Waals surface area contributed by atoms with E-state index in [1.807, 2.05) is 56.6 Å². The summed E-state index contributed by atoms with van der Waals surface area (Å²) in [6.45, 7) is 2.01. The topological polar surface area (TPSA) is 3.24 Å². The second-order valence-corrected chi connectivity index (χ2v) is 2.81. The summed E-state index contributed by atoms with van der Waals surface area (Å²) in [4.78, 5) is 2.08. The van der Waals surface area contributed by atoms with Gasteiger partial charge in [-0.15, -0.1) is 0 Å². The van der Waals surface area contributed by atoms with E-state index in [-0.39, 0.29) is 0 Å². The highest BCUT2D eigenvalue weighted by Crippen LogP contribution is 2.10. The van der Waals surface area contributed by atoms with Gasteiger partial charge in [0.2, 0.25) is 0 Å². The van der Waals surface area contributed by atoms with E-state index >= 15 is 0 Å². The number of hydrogen-bond acceptors (Lipinski definition) is 1. The van der Waals surface area contributed by atoms with E-state index in [0.29, 0.717) is 0 Å². The minimum Gasteiger partial charge on any atom is -0.351 e. The zero-order chi connectivity index (χ0) is 9.52. The van der Waals surface area contributed by atoms with Crippen LogP contribution in [0.1, 0.15) is 6.92 Å². The summed E-state index contributed by atoms with van der Waals surface area (Å²) in [5, 5.41) is 0. The molecule has 0 aliphatic carbocycles. The lowest BCUT2D eigenvalue weighted by Crippen LogP contribution is -2.06. The van der Waals surface area contributed by atoms with Gasteiger partial charge in [0.15, 0.2) is 0 Å². The molecule has 0 fully saturated rings. The Kier molecular flexibility index (Phi) is 3.83. The number of nitrogens with zero attached hydrogens (tertiary/aromatic N) is 1. The van der Waals surface area contributed by atoms with Gasteiger partial charge in [0.05, 0.1) is 0 Å². The van der Waals surface area contributed by atoms with Crippen LogP contribution >= 0.6 is 0 Å². The number of rotatable bonds is 3. The highest BCUT2D eigenvalue weighted by Gasteiger charge is 1.91. The lowest BCUT2D eigenvalue weighted by molar-refractivity contribution is 1.20. The van der Waals surface area contributed by atoms with Gasteiger partial charge in [-0.1, -0.05) is 30.4 Å². The summed E-state index contributed by atoms with van der Waals surface area (Å²) in [6, 6.07) is 10.3. The molecule has 0 unspecified atom stereocenters. The molecule has 0 amide bonds. The smallest absolute Gasteiger partial charge is 0.0403 e. The molecule has 0 aliphatic heterocycles. The fraction of sp³-hybridized carbons (Fsp3) is 0.167. The Hall–Kier alpha value is -1.50. The third-order valence-corrected chi connectivity index (χ3v) is 1.78. The van der Waals surface area contributed by atoms with Gasteiger partial charge < -0.3 is 4.90 Å². The first-order valence-electron chi connectivity index (χ1n) is 4.42. The van der Waals surface area contributed by atoms with Crippen LogP contribution in [-0.4, -0.2) is 7.05 Å². The lowest BCUT2D eigenvalue weighted by Gasteiger charge is -2.12. The zero-order valence-corrected chi connectivity index (χ0v) is 8.14. The van der Waals surface area contributed by atoms with Crippen molar-refractivity contribution < 1.29 is 0 Å². The second kappa shape index (κ2) is 5.20. The monoisotopic (exact) mass is 173 g/mol. The van der Waals surface area contributed by atoms with Crippen molar-refractivity contribution in [1.29, 1.82) is 0 Å². The van der Waals surface area contributed by atoms with Crippen LogP contribution in [0.15, 0.2) is 54.8 Å². The largest absolute Gasteiger partial charge is 0.351 e. The van der Waals surface area contributed by atoms with E-state index < -0.39 is 0 Å². The van der Waals surface area contributed by atoms with E-state index in [1.54, 1.807) is 0 Å². The molecule has 1 rings (SSSR count). The van der Waals surface area contributed by atoms with Crippen molar-refractivity contribution >= 4 is 5.69 Å². The Morgan fingerprint density at radius 3 is 2.38 bits per heavy atom. The fourth-order valence-electron chi connectivity index (χ4n) is 1.04. The van der Waals surface area contributed by atoms with Crippen LogP contribution in [0, 0.1) is 0 Å². The molecule has 0 aromatic heterocycles. The van der Waals surface area contributed by atoms with E-state index in [0.717, 1.165) is 0 Å². The summed E-state index contributed by atoms with van der Waals surface area (Å²) in [6.07, 6.45) is 8.08. The SMILES string of the molecule is CC=CC=CN(C)c1ccccc1. The van der Waals surface area contributed by atoms with Crippen molar-refractivity contribution in [2.45, 2.75) is 6.92 Å². The molecule has 0 saturated heterocycles. The summed E-state index contributed by atoms with van der Waals surface area (Å²) in [5.74, 6) is 0. The van der Waals surface area contributed by atoms with Gasteiger partial charge in [-0.25, -0.2) is 0 Å². The van der Waals surface area contributed by atoms with E-state index in [2.05, 4.69) is 17.0 Å². The number of hydrogen-bond donors (Lipinski definition) is 0. The van der Waals surface area contributed by atoms with Crippen LogP contribution in [0.5, 0.6) is 0 Å². The minimum atomic E-state index is 1.20. The minimum absolute atomic E-state index is 1.20. The van der Waals surface area contributed by atoms with E-state index in [9.17, 15) is 0 Å². The summed E-state index contributed by atoms with van der Waals surface area (Å²) in [5.41, 5.74) is 1.20. The van der Waals surface area contributed by atoms with Crippen molar-refractivity contribution in [2.24, 2.45) is 0 Å². The maximum absolute atomic E-state index is 2.08. The van der Waals surface area contributed by atoms with Gasteiger partial charge in [0, 0.05) is 18.9 Å². The van der Waals surface area contributed by atoms with Gasteiger partial charge in [-0.05, 0) is 25.1 Å². The molecule has 0 radical (unpaired) electrons. The average Bonchev–Trinajstić information content (AvgIpc) is 2.19. The Labute approximate surface area is 80.0 Å². The standard InChI is InChI=1S/C12H15N/c1-3-4-8-11-13(2)12-9-6-5-7-10-12/h3-11H,1-2H3. The molecule has 0 saturated carbocycles. The van der Waals surface area contributed by atoms with Gasteiger partial charge in [0.1, 0.15) is 0 Å². The van der Waals surface area contributed by atoms with Gasteiger partial charge >= 0.3 is 0 Å². The second-order valence-electron chi connectivity index (χ2n) is 2.81. The Morgan fingerprint density at radius 1 is 1.08 bits per heavy atom. The zero-order valence-electron chi connectivity index (χ0n) is 8.14. The average molecular weight is 173 g/mol. The molecule has 0 N–H and O–H groups in total. The molecule has 1 aromatic rings. The van der Waals surface area contributed by atoms with Crippen molar-refractivity contribution in [3.63, 3.8) is 0 Å². The molecule has 0 bridgehead atoms. The van der Waals surface area contributed by atoms with Crippen molar-refractivity contribution in [3.05, 3.63) is 54.8 Å². The highest BCUT2D eigenvalue weighted by molar-refractivity contribution is 5.47. The molecule has 1 nitrogen and oxygen atoms in total. The van der Waals surface area contributed by atoms with Crippen LogP contribution in [0.2, 0.25) is 0 Å². The van der Waals surface area contributed by atoms with Crippen molar-refractivity contribution in [3.8, 4) is 0 Å². The predicted molar refractivity (Wildman–Crippen MR) is 58.8 cm³/mol. The molecule has 0 aliphatic rings. The number of benzene rings is 1. The molecular weight excluding hydrogens is 158 g/mol. The maximum atomic E-state index is 2.08. The van der Waals surface area contributed by atoms with Gasteiger partial charge in [-0.3, -0.25) is 0 Å². The Bertz CT molecular complexity index is 285. The van der Waals surface area contributed by atoms with Crippen LogP contribution in [0.25, 0.3) is 0 Å². The molecule has 0 atom stereocenters. The quantitative estimate of drug-likeness (QED) is 0.634. The third-order valence-electron chi connectivity index (χ3n) is 1.78. The maximum Gasteiger partial charge on any atom is 0.0403 e. The first kappa shape index (κ1) is 9.59. The fourth-order valence-corrected chi connectivity index (χ4v) is 1.04. The van der Waals surface area contributed by atoms with E-state index in [1.165, 1.54) is 5.69 Å². The van der Waals surface area contributed by atoms with E-state index in [4.69, 9.17) is 0 Å². The van der Waals surface area contributed by atoms with Crippen molar-refractivity contribution in [1.82, 2.24) is 0 Å². The molecule has 0 heterocycles. The predicted octanol–water partition coefficient (Wildman–Crippen LogP) is 3.21. The van der Waals surface area contributed by atoms with Crippen LogP contribution < -0.4 is 4.90 Å². The molecule has 0 spiro atoms. The first-order valence-corrected chi connectivity index (χ1v) is 4.42. The summed E-state index contributed by atoms with van der Waals surface area (Å²) in [7, 11) is 2.04. The lowest BCUT2D eigenvalue weighted by atomic mass is 10.3. The summed E-state index contributed by atoms with van der Waals surface area (Å²) < 4.78 is 0. The number of allylic oxidation sites excluding steroid dienone is 3. The van der Waals surface area contributed by atoms with Gasteiger partial charge in [0.25, 0.3) is 0 Å². The molecule has 68 valence electrons. The van der Waals surface area contributed by atoms with Crippen LogP contribution in [0.3, 0.4) is 0 Å². The normalized spacial score (nSPS) is 11.2. The molecule has 13 heavy (non-hydrogen) atoms. The van der Waals surface area contributed by atoms with Crippen molar-refractivity contribution in [2.75, 3.05) is 11.9 Å². The first-order chi connectivity index (χ1) is 6.34. The Morgan fingerprint density at radius 2 is 1.77 bits per heavy atom. The molecule has 1 heteroatoms. The molecule has 1 aromatic carbocycles. The van der Waals surface area contributed by atoms with Crippen LogP contribution in [0.4, 0.5) is 5.69 Å². The molecular formula is C12H15N. The summed E-state index contributed by atoms with van der Waals surface area (Å²) >= 11 is 0. The third kappa shape index (κ3) is 3.16. The Balaban J connectivity index is 2.63. The number of anilines is 1.